The molecule has 1 aliphatic rings. The quantitative estimate of drug-likeness (QED) is 0.808. The van der Waals surface area contributed by atoms with E-state index in [0.717, 1.165) is 36.3 Å². The minimum absolute atomic E-state index is 0.115. The van der Waals surface area contributed by atoms with Crippen molar-refractivity contribution in [1.82, 2.24) is 4.98 Å². The van der Waals surface area contributed by atoms with E-state index in [4.69, 9.17) is 9.47 Å². The molecular formula is C19H22N2O3. The first-order chi connectivity index (χ1) is 11.6. The van der Waals surface area contributed by atoms with E-state index in [0.29, 0.717) is 11.4 Å². The number of rotatable bonds is 4. The van der Waals surface area contributed by atoms with Crippen LogP contribution in [0.25, 0.3) is 11.1 Å². The molecule has 0 radical (unpaired) electrons. The van der Waals surface area contributed by atoms with E-state index in [1.54, 1.807) is 13.3 Å². The highest BCUT2D eigenvalue weighted by atomic mass is 16.5. The van der Waals surface area contributed by atoms with E-state index in [-0.39, 0.29) is 12.2 Å². The summed E-state index contributed by atoms with van der Waals surface area (Å²) >= 11 is 0. The molecule has 3 rings (SSSR count). The number of aromatic nitrogens is 1. The molecule has 2 atom stereocenters. The van der Waals surface area contributed by atoms with Gasteiger partial charge in [-0.1, -0.05) is 18.2 Å². The number of anilines is 1. The van der Waals surface area contributed by atoms with Crippen molar-refractivity contribution in [3.8, 4) is 16.9 Å². The molecule has 1 saturated heterocycles. The molecule has 1 fully saturated rings. The zero-order chi connectivity index (χ0) is 17.1. The Morgan fingerprint density at radius 3 is 2.62 bits per heavy atom. The van der Waals surface area contributed by atoms with Crippen LogP contribution < -0.4 is 9.64 Å². The molecule has 0 bridgehead atoms. The Labute approximate surface area is 142 Å². The van der Waals surface area contributed by atoms with E-state index in [1.165, 1.54) is 0 Å². The number of morpholine rings is 1. The normalized spacial score (nSPS) is 20.7. The molecule has 24 heavy (non-hydrogen) atoms. The Hall–Kier alpha value is -2.40. The molecule has 5 nitrogen and oxygen atoms in total. The topological polar surface area (TPSA) is 51.7 Å². The monoisotopic (exact) mass is 326 g/mol. The Balaban J connectivity index is 1.98. The summed E-state index contributed by atoms with van der Waals surface area (Å²) in [7, 11) is 1.64. The number of para-hydroxylation sites is 1. The molecule has 1 aromatic heterocycles. The van der Waals surface area contributed by atoms with Gasteiger partial charge in [0.05, 0.1) is 24.9 Å². The van der Waals surface area contributed by atoms with E-state index in [1.807, 2.05) is 44.2 Å². The largest absolute Gasteiger partial charge is 0.496 e. The molecule has 1 aromatic carbocycles. The third-order valence-electron chi connectivity index (χ3n) is 4.16. The minimum atomic E-state index is 0.115. The van der Waals surface area contributed by atoms with Crippen molar-refractivity contribution in [2.75, 3.05) is 25.1 Å². The van der Waals surface area contributed by atoms with Crippen molar-refractivity contribution >= 4 is 12.1 Å². The summed E-state index contributed by atoms with van der Waals surface area (Å²) in [6, 6.07) is 9.59. The van der Waals surface area contributed by atoms with Crippen LogP contribution in [0.4, 0.5) is 5.82 Å². The Morgan fingerprint density at radius 1 is 1.25 bits per heavy atom. The smallest absolute Gasteiger partial charge is 0.153 e. The van der Waals surface area contributed by atoms with Crippen LogP contribution >= 0.6 is 0 Å². The number of pyridine rings is 1. The Morgan fingerprint density at radius 2 is 1.96 bits per heavy atom. The first-order valence-corrected chi connectivity index (χ1v) is 8.11. The van der Waals surface area contributed by atoms with Crippen LogP contribution in [0.2, 0.25) is 0 Å². The highest BCUT2D eigenvalue weighted by Gasteiger charge is 2.25. The number of nitrogens with zero attached hydrogens (tertiary/aromatic N) is 2. The van der Waals surface area contributed by atoms with Crippen molar-refractivity contribution < 1.29 is 14.3 Å². The highest BCUT2D eigenvalue weighted by Crippen LogP contribution is 2.31. The molecule has 0 N–H and O–H groups in total. The zero-order valence-corrected chi connectivity index (χ0v) is 14.2. The number of carbonyl (C=O) groups excluding carboxylic acids is 1. The first kappa shape index (κ1) is 16.5. The van der Waals surface area contributed by atoms with E-state index < -0.39 is 0 Å². The lowest BCUT2D eigenvalue weighted by atomic mass is 10.0. The summed E-state index contributed by atoms with van der Waals surface area (Å²) in [4.78, 5) is 18.3. The van der Waals surface area contributed by atoms with Crippen LogP contribution in [-0.2, 0) is 4.74 Å². The maximum absolute atomic E-state index is 11.6. The van der Waals surface area contributed by atoms with Crippen molar-refractivity contribution in [1.29, 1.82) is 0 Å². The summed E-state index contributed by atoms with van der Waals surface area (Å²) in [6.07, 6.45) is 2.89. The van der Waals surface area contributed by atoms with Gasteiger partial charge in [0.25, 0.3) is 0 Å². The molecular weight excluding hydrogens is 304 g/mol. The SMILES string of the molecule is COc1ccccc1-c1cnc(N2C[C@@H](C)O[C@@H](C)C2)c(C=O)c1. The fraction of sp³-hybridized carbons (Fsp3) is 0.368. The molecule has 0 amide bonds. The van der Waals surface area contributed by atoms with Gasteiger partial charge < -0.3 is 14.4 Å². The summed E-state index contributed by atoms with van der Waals surface area (Å²) in [5.74, 6) is 1.48. The maximum Gasteiger partial charge on any atom is 0.153 e. The lowest BCUT2D eigenvalue weighted by molar-refractivity contribution is -0.00549. The van der Waals surface area contributed by atoms with Gasteiger partial charge >= 0.3 is 0 Å². The number of hydrogen-bond donors (Lipinski definition) is 0. The van der Waals surface area contributed by atoms with Gasteiger partial charge in [0.15, 0.2) is 6.29 Å². The number of hydrogen-bond acceptors (Lipinski definition) is 5. The molecule has 2 heterocycles. The molecule has 2 aromatic rings. The van der Waals surface area contributed by atoms with Gasteiger partial charge in [0, 0.05) is 30.4 Å². The second-order valence-corrected chi connectivity index (χ2v) is 6.12. The van der Waals surface area contributed by atoms with Crippen LogP contribution in [0.3, 0.4) is 0 Å². The summed E-state index contributed by atoms with van der Waals surface area (Å²) in [5, 5.41) is 0. The molecule has 0 spiro atoms. The Kier molecular flexibility index (Phi) is 4.81. The average molecular weight is 326 g/mol. The van der Waals surface area contributed by atoms with Gasteiger partial charge in [-0.05, 0) is 26.0 Å². The summed E-state index contributed by atoms with van der Waals surface area (Å²) < 4.78 is 11.2. The average Bonchev–Trinajstić information content (AvgIpc) is 2.60. The summed E-state index contributed by atoms with van der Waals surface area (Å²) in [5.41, 5.74) is 2.37. The fourth-order valence-electron chi connectivity index (χ4n) is 3.21. The molecule has 126 valence electrons. The summed E-state index contributed by atoms with van der Waals surface area (Å²) in [6.45, 7) is 5.53. The second-order valence-electron chi connectivity index (χ2n) is 6.12. The molecule has 5 heteroatoms. The maximum atomic E-state index is 11.6. The van der Waals surface area contributed by atoms with Crippen LogP contribution in [0.15, 0.2) is 36.5 Å². The van der Waals surface area contributed by atoms with Gasteiger partial charge in [-0.3, -0.25) is 4.79 Å². The van der Waals surface area contributed by atoms with Crippen molar-refractivity contribution in [2.24, 2.45) is 0 Å². The van der Waals surface area contributed by atoms with Crippen molar-refractivity contribution in [3.05, 3.63) is 42.1 Å². The Bertz CT molecular complexity index is 722. The van der Waals surface area contributed by atoms with E-state index in [9.17, 15) is 4.79 Å². The lowest BCUT2D eigenvalue weighted by Gasteiger charge is -2.36. The first-order valence-electron chi connectivity index (χ1n) is 8.11. The predicted octanol–water partition coefficient (Wildman–Crippen LogP) is 3.18. The van der Waals surface area contributed by atoms with Crippen LogP contribution in [0.5, 0.6) is 5.75 Å². The van der Waals surface area contributed by atoms with Crippen LogP contribution in [-0.4, -0.2) is 43.7 Å². The molecule has 0 saturated carbocycles. The van der Waals surface area contributed by atoms with Crippen LogP contribution in [0.1, 0.15) is 24.2 Å². The minimum Gasteiger partial charge on any atom is -0.496 e. The second kappa shape index (κ2) is 7.01. The zero-order valence-electron chi connectivity index (χ0n) is 14.2. The number of methoxy groups -OCH3 is 1. The number of aldehydes is 1. The van der Waals surface area contributed by atoms with Crippen molar-refractivity contribution in [3.63, 3.8) is 0 Å². The number of benzene rings is 1. The third kappa shape index (κ3) is 3.26. The van der Waals surface area contributed by atoms with Gasteiger partial charge in [0.1, 0.15) is 11.6 Å². The molecule has 0 unspecified atom stereocenters. The number of ether oxygens (including phenoxy) is 2. The fourth-order valence-corrected chi connectivity index (χ4v) is 3.21. The van der Waals surface area contributed by atoms with Crippen molar-refractivity contribution in [2.45, 2.75) is 26.1 Å². The van der Waals surface area contributed by atoms with Crippen LogP contribution in [0, 0.1) is 0 Å². The van der Waals surface area contributed by atoms with E-state index >= 15 is 0 Å². The predicted molar refractivity (Wildman–Crippen MR) is 93.8 cm³/mol. The van der Waals surface area contributed by atoms with Gasteiger partial charge in [0.2, 0.25) is 0 Å². The third-order valence-corrected chi connectivity index (χ3v) is 4.16. The molecule has 0 aliphatic carbocycles. The lowest BCUT2D eigenvalue weighted by Crippen LogP contribution is -2.46. The standard InChI is InChI=1S/C19H22N2O3/c1-13-10-21(11-14(2)24-13)19-16(12-22)8-15(9-20-19)17-6-4-5-7-18(17)23-3/h4-9,12-14H,10-11H2,1-3H3/t13-,14+. The van der Waals surface area contributed by atoms with Gasteiger partial charge in [-0.25, -0.2) is 4.98 Å². The number of carbonyl (C=O) groups is 1. The highest BCUT2D eigenvalue weighted by molar-refractivity contribution is 5.86. The van der Waals surface area contributed by atoms with E-state index in [2.05, 4.69) is 9.88 Å². The molecule has 1 aliphatic heterocycles. The van der Waals surface area contributed by atoms with Gasteiger partial charge in [-0.15, -0.1) is 0 Å². The van der Waals surface area contributed by atoms with Gasteiger partial charge in [-0.2, -0.15) is 0 Å².